The fraction of sp³-hybridized carbons (Fsp3) is 0.143. The number of nitrogens with zero attached hydrogens (tertiary/aromatic N) is 3. The smallest absolute Gasteiger partial charge is 0.204 e. The molecule has 0 fully saturated rings. The average molecular weight is 411 g/mol. The van der Waals surface area contributed by atoms with E-state index in [1.165, 1.54) is 0 Å². The minimum absolute atomic E-state index is 0.639. The number of hydrazone groups is 1. The Morgan fingerprint density at radius 2 is 1.96 bits per heavy atom. The van der Waals surface area contributed by atoms with Crippen LogP contribution in [0.1, 0.15) is 12.1 Å². The molecule has 7 heteroatoms. The number of hydrogen-bond acceptors (Lipinski definition) is 5. The van der Waals surface area contributed by atoms with E-state index in [-0.39, 0.29) is 0 Å². The number of nitrogens with one attached hydrogen (secondary N) is 1. The third kappa shape index (κ3) is 4.71. The highest BCUT2D eigenvalue weighted by atomic mass is 35.5. The van der Waals surface area contributed by atoms with Crippen LogP contribution in [0, 0.1) is 0 Å². The van der Waals surface area contributed by atoms with Gasteiger partial charge in [-0.3, -0.25) is 5.43 Å². The Hall–Kier alpha value is -2.83. The van der Waals surface area contributed by atoms with Gasteiger partial charge >= 0.3 is 0 Å². The summed E-state index contributed by atoms with van der Waals surface area (Å²) in [5.41, 5.74) is 5.03. The topological polar surface area (TPSA) is 51.4 Å². The van der Waals surface area contributed by atoms with Crippen molar-refractivity contribution in [1.29, 1.82) is 0 Å². The zero-order valence-electron chi connectivity index (χ0n) is 15.1. The predicted octanol–water partition coefficient (Wildman–Crippen LogP) is 5.67. The summed E-state index contributed by atoms with van der Waals surface area (Å²) in [5, 5.41) is 5.83. The molecule has 0 atom stereocenters. The summed E-state index contributed by atoms with van der Waals surface area (Å²) in [5.74, 6) is 0.832. The van der Waals surface area contributed by atoms with Crippen LogP contribution in [-0.4, -0.2) is 22.4 Å². The largest absolute Gasteiger partial charge is 0.494 e. The van der Waals surface area contributed by atoms with Crippen molar-refractivity contribution in [3.63, 3.8) is 0 Å². The van der Waals surface area contributed by atoms with Crippen molar-refractivity contribution in [2.45, 2.75) is 13.0 Å². The van der Waals surface area contributed by atoms with Crippen LogP contribution in [0.2, 0.25) is 5.02 Å². The molecule has 0 aliphatic carbocycles. The van der Waals surface area contributed by atoms with Crippen LogP contribution >= 0.6 is 22.9 Å². The summed E-state index contributed by atoms with van der Waals surface area (Å²) in [7, 11) is 0. The van der Waals surface area contributed by atoms with Gasteiger partial charge in [-0.25, -0.2) is 4.98 Å². The quantitative estimate of drug-likeness (QED) is 0.231. The van der Waals surface area contributed by atoms with Crippen LogP contribution in [0.25, 0.3) is 10.2 Å². The lowest BCUT2D eigenvalue weighted by Crippen LogP contribution is -2.06. The van der Waals surface area contributed by atoms with E-state index in [1.807, 2.05) is 67.0 Å². The lowest BCUT2D eigenvalue weighted by molar-refractivity contribution is 0.302. The minimum Gasteiger partial charge on any atom is -0.494 e. The fourth-order valence-electron chi connectivity index (χ4n) is 2.78. The second-order valence-corrected chi connectivity index (χ2v) is 7.61. The van der Waals surface area contributed by atoms with Gasteiger partial charge in [0.1, 0.15) is 5.75 Å². The summed E-state index contributed by atoms with van der Waals surface area (Å²) >= 11 is 7.47. The van der Waals surface area contributed by atoms with Crippen LogP contribution in [0.5, 0.6) is 5.75 Å². The number of halogens is 1. The Balaban J connectivity index is 1.28. The van der Waals surface area contributed by atoms with E-state index >= 15 is 0 Å². The summed E-state index contributed by atoms with van der Waals surface area (Å²) in [6, 6.07) is 19.5. The first-order valence-electron chi connectivity index (χ1n) is 8.96. The molecule has 1 N–H and O–H groups in total. The van der Waals surface area contributed by atoms with Gasteiger partial charge < -0.3 is 9.30 Å². The maximum Gasteiger partial charge on any atom is 0.204 e. The zero-order valence-corrected chi connectivity index (χ0v) is 16.7. The van der Waals surface area contributed by atoms with Gasteiger partial charge in [0.05, 0.1) is 28.7 Å². The molecule has 0 saturated carbocycles. The van der Waals surface area contributed by atoms with E-state index in [2.05, 4.69) is 26.1 Å². The van der Waals surface area contributed by atoms with Crippen molar-refractivity contribution in [2.24, 2.45) is 5.10 Å². The van der Waals surface area contributed by atoms with Gasteiger partial charge in [-0.2, -0.15) is 5.10 Å². The molecule has 0 aliphatic rings. The van der Waals surface area contributed by atoms with E-state index in [0.717, 1.165) is 39.8 Å². The third-order valence-electron chi connectivity index (χ3n) is 4.14. The molecule has 0 saturated heterocycles. The van der Waals surface area contributed by atoms with Gasteiger partial charge in [0.15, 0.2) is 0 Å². The first-order valence-corrected chi connectivity index (χ1v) is 10.2. The standard InChI is InChI=1S/C21H19ClN4OS/c22-16-8-10-18(11-9-16)27-14-4-13-26-12-3-5-17(26)15-23-25-21-24-19-6-1-2-7-20(19)28-21/h1-3,5-12,15H,4,13-14H2,(H,24,25). The summed E-state index contributed by atoms with van der Waals surface area (Å²) in [4.78, 5) is 4.51. The molecule has 0 bridgehead atoms. The SMILES string of the molecule is Clc1ccc(OCCCn2cccc2C=NNc2nc3ccccc3s2)cc1. The third-order valence-corrected chi connectivity index (χ3v) is 5.33. The highest BCUT2D eigenvalue weighted by molar-refractivity contribution is 7.22. The second-order valence-electron chi connectivity index (χ2n) is 6.14. The molecule has 0 unspecified atom stereocenters. The number of rotatable bonds is 8. The number of benzene rings is 2. The second kappa shape index (κ2) is 8.91. The molecule has 0 radical (unpaired) electrons. The Bertz CT molecular complexity index is 1040. The van der Waals surface area contributed by atoms with Gasteiger partial charge in [-0.1, -0.05) is 35.1 Å². The molecule has 4 aromatic rings. The van der Waals surface area contributed by atoms with E-state index in [4.69, 9.17) is 16.3 Å². The molecule has 4 rings (SSSR count). The zero-order chi connectivity index (χ0) is 19.2. The molecule has 0 spiro atoms. The van der Waals surface area contributed by atoms with Gasteiger partial charge in [-0.05, 0) is 55.0 Å². The number of aryl methyl sites for hydroxylation is 1. The Morgan fingerprint density at radius 1 is 1.11 bits per heavy atom. The van der Waals surface area contributed by atoms with E-state index in [1.54, 1.807) is 11.3 Å². The number of anilines is 1. The van der Waals surface area contributed by atoms with E-state index in [9.17, 15) is 0 Å². The monoisotopic (exact) mass is 410 g/mol. The molecular weight excluding hydrogens is 392 g/mol. The number of ether oxygens (including phenoxy) is 1. The minimum atomic E-state index is 0.639. The molecule has 28 heavy (non-hydrogen) atoms. The number of para-hydroxylation sites is 1. The summed E-state index contributed by atoms with van der Waals surface area (Å²) in [6.45, 7) is 1.49. The lowest BCUT2D eigenvalue weighted by atomic mass is 10.3. The normalized spacial score (nSPS) is 11.3. The molecule has 2 aromatic carbocycles. The molecular formula is C21H19ClN4OS. The highest BCUT2D eigenvalue weighted by Gasteiger charge is 2.02. The van der Waals surface area contributed by atoms with Crippen LogP contribution in [0.15, 0.2) is 72.0 Å². The molecule has 0 amide bonds. The Labute approximate surface area is 172 Å². The van der Waals surface area contributed by atoms with E-state index < -0.39 is 0 Å². The maximum atomic E-state index is 5.88. The molecule has 2 heterocycles. The van der Waals surface area contributed by atoms with Crippen molar-refractivity contribution in [2.75, 3.05) is 12.0 Å². The van der Waals surface area contributed by atoms with Crippen molar-refractivity contribution in [1.82, 2.24) is 9.55 Å². The molecule has 0 aliphatic heterocycles. The van der Waals surface area contributed by atoms with Crippen LogP contribution < -0.4 is 10.2 Å². The van der Waals surface area contributed by atoms with E-state index in [0.29, 0.717) is 11.6 Å². The fourth-order valence-corrected chi connectivity index (χ4v) is 3.72. The van der Waals surface area contributed by atoms with Crippen LogP contribution in [0.3, 0.4) is 0 Å². The predicted molar refractivity (Wildman–Crippen MR) is 117 cm³/mol. The molecule has 5 nitrogen and oxygen atoms in total. The van der Waals surface area contributed by atoms with Crippen molar-refractivity contribution in [3.05, 3.63) is 77.6 Å². The average Bonchev–Trinajstić information content (AvgIpc) is 3.33. The number of thiazole rings is 1. The van der Waals surface area contributed by atoms with Gasteiger partial charge in [0.2, 0.25) is 5.13 Å². The number of aromatic nitrogens is 2. The molecule has 2 aromatic heterocycles. The lowest BCUT2D eigenvalue weighted by Gasteiger charge is -2.08. The van der Waals surface area contributed by atoms with Gasteiger partial charge in [-0.15, -0.1) is 0 Å². The Morgan fingerprint density at radius 3 is 2.82 bits per heavy atom. The van der Waals surface area contributed by atoms with Gasteiger partial charge in [0, 0.05) is 17.8 Å². The van der Waals surface area contributed by atoms with Gasteiger partial charge in [0.25, 0.3) is 0 Å². The summed E-state index contributed by atoms with van der Waals surface area (Å²) in [6.07, 6.45) is 4.75. The molecule has 142 valence electrons. The number of hydrogen-bond donors (Lipinski definition) is 1. The van der Waals surface area contributed by atoms with Crippen LogP contribution in [-0.2, 0) is 6.54 Å². The highest BCUT2D eigenvalue weighted by Crippen LogP contribution is 2.25. The van der Waals surface area contributed by atoms with Crippen molar-refractivity contribution < 1.29 is 4.74 Å². The Kier molecular flexibility index (Phi) is 5.89. The number of fused-ring (bicyclic) bond motifs is 1. The van der Waals surface area contributed by atoms with Crippen molar-refractivity contribution >= 4 is 44.5 Å². The first kappa shape index (κ1) is 18.5. The van der Waals surface area contributed by atoms with Crippen LogP contribution in [0.4, 0.5) is 5.13 Å². The maximum absolute atomic E-state index is 5.88. The van der Waals surface area contributed by atoms with Crippen molar-refractivity contribution in [3.8, 4) is 5.75 Å². The summed E-state index contributed by atoms with van der Waals surface area (Å²) < 4.78 is 9.03. The first-order chi connectivity index (χ1) is 13.8.